The highest BCUT2D eigenvalue weighted by atomic mass is 32.1. The Labute approximate surface area is 258 Å². The van der Waals surface area contributed by atoms with Crippen molar-refractivity contribution in [1.29, 1.82) is 5.26 Å². The molecular weight excluding hydrogens is 560 g/mol. The number of nitrogens with two attached hydrogens (primary N) is 1. The lowest BCUT2D eigenvalue weighted by Gasteiger charge is -2.39. The van der Waals surface area contributed by atoms with Gasteiger partial charge in [-0.05, 0) is 90.7 Å². The van der Waals surface area contributed by atoms with Gasteiger partial charge in [0.15, 0.2) is 17.3 Å². The average molecular weight is 603 g/mol. The Hall–Kier alpha value is -3.46. The van der Waals surface area contributed by atoms with Crippen LogP contribution in [0.4, 0.5) is 10.8 Å². The van der Waals surface area contributed by atoms with E-state index in [4.69, 9.17) is 25.0 Å². The van der Waals surface area contributed by atoms with Gasteiger partial charge in [-0.25, -0.2) is 4.98 Å². The number of aryl methyl sites for hydroxylation is 1. The molecule has 1 aliphatic heterocycles. The lowest BCUT2D eigenvalue weighted by molar-refractivity contribution is 0.138. The standard InChI is InChI=1S/C32H42N8O2S/c1-6-23(22-11-9-15-39(22)4)41-26-18-25(40(5)17-16-38(2)3)35-31(36-26)28-20-10-7-13-32(29(20)42-37-28)14-8-12-24-27(32)21(19-33)30(34)43-24/h6,18,22-23H,1,7-17,34H2,2-5H3/t22-,23-,32-/m0/s1. The fourth-order valence-electron chi connectivity index (χ4n) is 7.23. The summed E-state index contributed by atoms with van der Waals surface area (Å²) in [7, 11) is 8.30. The second-order valence-electron chi connectivity index (χ2n) is 12.5. The van der Waals surface area contributed by atoms with Crippen LogP contribution < -0.4 is 15.4 Å². The van der Waals surface area contributed by atoms with Gasteiger partial charge < -0.3 is 24.8 Å². The predicted molar refractivity (Wildman–Crippen MR) is 170 cm³/mol. The molecule has 43 heavy (non-hydrogen) atoms. The second-order valence-corrected chi connectivity index (χ2v) is 13.6. The van der Waals surface area contributed by atoms with Gasteiger partial charge in [0.05, 0.1) is 17.0 Å². The molecule has 2 aliphatic carbocycles. The van der Waals surface area contributed by atoms with E-state index < -0.39 is 5.41 Å². The fourth-order valence-corrected chi connectivity index (χ4v) is 8.39. The van der Waals surface area contributed by atoms with Crippen LogP contribution in [0.3, 0.4) is 0 Å². The maximum absolute atomic E-state index is 10.1. The maximum Gasteiger partial charge on any atom is 0.219 e. The maximum atomic E-state index is 10.1. The molecule has 10 nitrogen and oxygen atoms in total. The van der Waals surface area contributed by atoms with Gasteiger partial charge in [0.1, 0.15) is 23.0 Å². The van der Waals surface area contributed by atoms with E-state index in [0.29, 0.717) is 28.0 Å². The van der Waals surface area contributed by atoms with Gasteiger partial charge in [-0.3, -0.25) is 4.90 Å². The Morgan fingerprint density at radius 1 is 1.26 bits per heavy atom. The number of likely N-dealkylation sites (N-methyl/N-ethyl adjacent to an activating group) is 3. The average Bonchev–Trinajstić information content (AvgIpc) is 3.71. The molecule has 0 bridgehead atoms. The van der Waals surface area contributed by atoms with Gasteiger partial charge in [-0.1, -0.05) is 11.7 Å². The molecule has 0 aromatic carbocycles. The number of hydrogen-bond donors (Lipinski definition) is 1. The van der Waals surface area contributed by atoms with E-state index in [1.807, 2.05) is 19.2 Å². The molecule has 4 heterocycles. The summed E-state index contributed by atoms with van der Waals surface area (Å²) in [5.41, 5.74) is 9.30. The topological polar surface area (TPSA) is 121 Å². The SMILES string of the molecule is C=C[C@H](Oc1cc(N(C)CCN(C)C)nc(-c2noc3c2CCC[C@@]32CCCc3sc(N)c(C#N)c32)n1)[C@@H]1CCCN1C. The Bertz CT molecular complexity index is 1540. The van der Waals surface area contributed by atoms with Crippen molar-refractivity contribution in [2.45, 2.75) is 68.9 Å². The van der Waals surface area contributed by atoms with Crippen LogP contribution >= 0.6 is 11.3 Å². The van der Waals surface area contributed by atoms with Crippen LogP contribution in [0.25, 0.3) is 11.5 Å². The molecular formula is C32H42N8O2S. The molecule has 1 saturated heterocycles. The first-order chi connectivity index (χ1) is 20.8. The van der Waals surface area contributed by atoms with E-state index in [2.05, 4.69) is 53.6 Å². The predicted octanol–water partition coefficient (Wildman–Crippen LogP) is 4.63. The number of fused-ring (bicyclic) bond motifs is 4. The summed E-state index contributed by atoms with van der Waals surface area (Å²) in [5, 5.41) is 15.3. The number of anilines is 2. The minimum Gasteiger partial charge on any atom is -0.468 e. The first kappa shape index (κ1) is 29.6. The number of nitriles is 1. The van der Waals surface area contributed by atoms with Crippen LogP contribution in [0, 0.1) is 11.3 Å². The molecule has 0 radical (unpaired) electrons. The van der Waals surface area contributed by atoms with Crippen LogP contribution in [-0.2, 0) is 18.3 Å². The third kappa shape index (κ3) is 5.30. The summed E-state index contributed by atoms with van der Waals surface area (Å²) in [5.74, 6) is 2.61. The first-order valence-corrected chi connectivity index (χ1v) is 16.1. The normalized spacial score (nSPS) is 22.3. The van der Waals surface area contributed by atoms with Crippen molar-refractivity contribution in [2.75, 3.05) is 58.5 Å². The van der Waals surface area contributed by atoms with Crippen LogP contribution in [0.5, 0.6) is 5.88 Å². The van der Waals surface area contributed by atoms with Crippen molar-refractivity contribution < 1.29 is 9.26 Å². The molecule has 3 aliphatic rings. The molecule has 3 aromatic heterocycles. The van der Waals surface area contributed by atoms with Crippen molar-refractivity contribution in [1.82, 2.24) is 24.9 Å². The van der Waals surface area contributed by atoms with Crippen molar-refractivity contribution >= 4 is 22.2 Å². The van der Waals surface area contributed by atoms with Crippen molar-refractivity contribution in [3.05, 3.63) is 46.0 Å². The van der Waals surface area contributed by atoms with Crippen LogP contribution in [-0.4, -0.2) is 84.9 Å². The van der Waals surface area contributed by atoms with Gasteiger partial charge >= 0.3 is 0 Å². The largest absolute Gasteiger partial charge is 0.468 e. The molecule has 1 fully saturated rings. The summed E-state index contributed by atoms with van der Waals surface area (Å²) in [4.78, 5) is 17.8. The zero-order valence-electron chi connectivity index (χ0n) is 25.7. The second kappa shape index (κ2) is 11.9. The van der Waals surface area contributed by atoms with E-state index in [-0.39, 0.29) is 12.1 Å². The number of likely N-dealkylation sites (tertiary alicyclic amines) is 1. The monoisotopic (exact) mass is 602 g/mol. The minimum absolute atomic E-state index is 0.196. The van der Waals surface area contributed by atoms with Crippen molar-refractivity contribution in [3.8, 4) is 23.5 Å². The summed E-state index contributed by atoms with van der Waals surface area (Å²) in [6, 6.07) is 4.57. The number of hydrogen-bond acceptors (Lipinski definition) is 11. The van der Waals surface area contributed by atoms with E-state index in [9.17, 15) is 5.26 Å². The van der Waals surface area contributed by atoms with Gasteiger partial charge in [-0.2, -0.15) is 10.2 Å². The van der Waals surface area contributed by atoms with Crippen molar-refractivity contribution in [2.24, 2.45) is 0 Å². The van der Waals surface area contributed by atoms with E-state index in [1.165, 1.54) is 4.88 Å². The molecule has 6 rings (SSSR count). The quantitative estimate of drug-likeness (QED) is 0.347. The Morgan fingerprint density at radius 3 is 2.74 bits per heavy atom. The summed E-state index contributed by atoms with van der Waals surface area (Å²) in [6.45, 7) is 6.80. The summed E-state index contributed by atoms with van der Waals surface area (Å²) in [6.07, 6.45) is 9.43. The molecule has 0 unspecified atom stereocenters. The highest BCUT2D eigenvalue weighted by Crippen LogP contribution is 2.55. The van der Waals surface area contributed by atoms with Gasteiger partial charge in [0.2, 0.25) is 5.88 Å². The number of nitrogen functional groups attached to an aromatic ring is 1. The highest BCUT2D eigenvalue weighted by molar-refractivity contribution is 7.16. The molecule has 1 spiro atoms. The van der Waals surface area contributed by atoms with E-state index in [1.54, 1.807) is 11.3 Å². The zero-order valence-corrected chi connectivity index (χ0v) is 26.5. The number of rotatable bonds is 9. The first-order valence-electron chi connectivity index (χ1n) is 15.3. The number of ether oxygens (including phenoxy) is 1. The van der Waals surface area contributed by atoms with Crippen molar-refractivity contribution in [3.63, 3.8) is 0 Å². The minimum atomic E-state index is -0.397. The fraction of sp³-hybridized carbons (Fsp3) is 0.562. The smallest absolute Gasteiger partial charge is 0.219 e. The van der Waals surface area contributed by atoms with Gasteiger partial charge in [-0.15, -0.1) is 11.3 Å². The molecule has 0 amide bonds. The number of nitrogens with zero attached hydrogens (tertiary/aromatic N) is 7. The molecule has 11 heteroatoms. The molecule has 3 atom stereocenters. The Kier molecular flexibility index (Phi) is 8.20. The third-order valence-corrected chi connectivity index (χ3v) is 10.6. The molecule has 228 valence electrons. The zero-order chi connectivity index (χ0) is 30.3. The summed E-state index contributed by atoms with van der Waals surface area (Å²) >= 11 is 1.55. The van der Waals surface area contributed by atoms with Crippen LogP contribution in [0.2, 0.25) is 0 Å². The third-order valence-electron chi connectivity index (χ3n) is 9.48. The number of aromatic nitrogens is 3. The van der Waals surface area contributed by atoms with Crippen LogP contribution in [0.1, 0.15) is 65.9 Å². The summed E-state index contributed by atoms with van der Waals surface area (Å²) < 4.78 is 12.8. The van der Waals surface area contributed by atoms with E-state index >= 15 is 0 Å². The Morgan fingerprint density at radius 2 is 2.05 bits per heavy atom. The number of thiophene rings is 1. The molecule has 2 N–H and O–H groups in total. The lowest BCUT2D eigenvalue weighted by Crippen LogP contribution is -2.39. The molecule has 3 aromatic rings. The van der Waals surface area contributed by atoms with E-state index in [0.717, 1.165) is 93.7 Å². The Balaban J connectivity index is 1.42. The highest BCUT2D eigenvalue weighted by Gasteiger charge is 2.48. The molecule has 0 saturated carbocycles. The van der Waals surface area contributed by atoms with Crippen LogP contribution in [0.15, 0.2) is 23.2 Å². The van der Waals surface area contributed by atoms with Gasteiger partial charge in [0.25, 0.3) is 0 Å². The van der Waals surface area contributed by atoms with Gasteiger partial charge in [0, 0.05) is 36.6 Å². The lowest BCUT2D eigenvalue weighted by atomic mass is 9.63.